The maximum atomic E-state index is 12.1. The molecule has 1 aromatic rings. The summed E-state index contributed by atoms with van der Waals surface area (Å²) in [6, 6.07) is 6.25. The van der Waals surface area contributed by atoms with Crippen LogP contribution in [0.1, 0.15) is 12.0 Å². The van der Waals surface area contributed by atoms with Crippen LogP contribution in [-0.4, -0.2) is 53.9 Å². The van der Waals surface area contributed by atoms with Gasteiger partial charge in [-0.3, -0.25) is 14.9 Å². The molecule has 21 heavy (non-hydrogen) atoms. The fourth-order valence-corrected chi connectivity index (χ4v) is 2.28. The monoisotopic (exact) mass is 289 g/mol. The SMILES string of the molecule is CN1CCCN(C(=O)/C=C/c2cccc([N+](=O)[O-])c2)CC1. The van der Waals surface area contributed by atoms with Crippen molar-refractivity contribution in [2.24, 2.45) is 0 Å². The fourth-order valence-electron chi connectivity index (χ4n) is 2.28. The molecule has 112 valence electrons. The van der Waals surface area contributed by atoms with Crippen molar-refractivity contribution in [2.75, 3.05) is 33.2 Å². The second kappa shape index (κ2) is 6.99. The Hall–Kier alpha value is -2.21. The summed E-state index contributed by atoms with van der Waals surface area (Å²) in [5.41, 5.74) is 0.686. The number of hydrogen-bond donors (Lipinski definition) is 0. The predicted octanol–water partition coefficient (Wildman–Crippen LogP) is 1.77. The van der Waals surface area contributed by atoms with Crippen molar-refractivity contribution >= 4 is 17.7 Å². The number of non-ortho nitro benzene ring substituents is 1. The van der Waals surface area contributed by atoms with Crippen molar-refractivity contribution in [3.63, 3.8) is 0 Å². The van der Waals surface area contributed by atoms with Crippen molar-refractivity contribution in [3.8, 4) is 0 Å². The molecule has 2 rings (SSSR count). The lowest BCUT2D eigenvalue weighted by Crippen LogP contribution is -2.33. The summed E-state index contributed by atoms with van der Waals surface area (Å²) in [7, 11) is 2.05. The van der Waals surface area contributed by atoms with E-state index in [4.69, 9.17) is 0 Å². The summed E-state index contributed by atoms with van der Waals surface area (Å²) in [5, 5.41) is 10.7. The van der Waals surface area contributed by atoms with Crippen LogP contribution < -0.4 is 0 Å². The molecule has 0 radical (unpaired) electrons. The number of carbonyl (C=O) groups excluding carboxylic acids is 1. The Bertz CT molecular complexity index is 557. The molecule has 1 aliphatic heterocycles. The minimum absolute atomic E-state index is 0.0287. The van der Waals surface area contributed by atoms with Gasteiger partial charge in [-0.1, -0.05) is 12.1 Å². The van der Waals surface area contributed by atoms with Crippen LogP contribution in [0.4, 0.5) is 5.69 Å². The van der Waals surface area contributed by atoms with Crippen molar-refractivity contribution in [1.29, 1.82) is 0 Å². The molecular formula is C15H19N3O3. The van der Waals surface area contributed by atoms with Crippen molar-refractivity contribution in [1.82, 2.24) is 9.80 Å². The molecule has 0 N–H and O–H groups in total. The normalized spacial score (nSPS) is 16.9. The molecule has 6 nitrogen and oxygen atoms in total. The van der Waals surface area contributed by atoms with Crippen LogP contribution >= 0.6 is 0 Å². The lowest BCUT2D eigenvalue weighted by molar-refractivity contribution is -0.384. The molecule has 0 spiro atoms. The lowest BCUT2D eigenvalue weighted by atomic mass is 10.2. The van der Waals surface area contributed by atoms with E-state index in [9.17, 15) is 14.9 Å². The average Bonchev–Trinajstić information content (AvgIpc) is 2.70. The van der Waals surface area contributed by atoms with Gasteiger partial charge in [-0.25, -0.2) is 0 Å². The van der Waals surface area contributed by atoms with Crippen LogP contribution in [0, 0.1) is 10.1 Å². The molecule has 1 amide bonds. The van der Waals surface area contributed by atoms with Crippen LogP contribution in [0.5, 0.6) is 0 Å². The van der Waals surface area contributed by atoms with E-state index in [2.05, 4.69) is 4.90 Å². The Morgan fingerprint density at radius 3 is 2.86 bits per heavy atom. The summed E-state index contributed by atoms with van der Waals surface area (Å²) in [6.07, 6.45) is 4.08. The highest BCUT2D eigenvalue weighted by Gasteiger charge is 2.15. The number of carbonyl (C=O) groups is 1. The first-order chi connectivity index (χ1) is 10.1. The van der Waals surface area contributed by atoms with Gasteiger partial charge < -0.3 is 9.80 Å². The predicted molar refractivity (Wildman–Crippen MR) is 80.8 cm³/mol. The van der Waals surface area contributed by atoms with Gasteiger partial charge in [0.25, 0.3) is 5.69 Å². The number of rotatable bonds is 3. The zero-order chi connectivity index (χ0) is 15.2. The maximum Gasteiger partial charge on any atom is 0.270 e. The zero-order valence-electron chi connectivity index (χ0n) is 12.1. The molecule has 1 fully saturated rings. The average molecular weight is 289 g/mol. The Kier molecular flexibility index (Phi) is 5.05. The molecule has 6 heteroatoms. The highest BCUT2D eigenvalue weighted by atomic mass is 16.6. The third-order valence-electron chi connectivity index (χ3n) is 3.53. The van der Waals surface area contributed by atoms with Crippen molar-refractivity contribution in [2.45, 2.75) is 6.42 Å². The first-order valence-electron chi connectivity index (χ1n) is 6.96. The highest BCUT2D eigenvalue weighted by molar-refractivity contribution is 5.91. The van der Waals surface area contributed by atoms with E-state index in [1.165, 1.54) is 18.2 Å². The second-order valence-electron chi connectivity index (χ2n) is 5.17. The first kappa shape index (κ1) is 15.2. The molecule has 0 atom stereocenters. The molecule has 0 saturated carbocycles. The summed E-state index contributed by atoms with van der Waals surface area (Å²) < 4.78 is 0. The van der Waals surface area contributed by atoms with E-state index in [1.54, 1.807) is 18.2 Å². The van der Waals surface area contributed by atoms with E-state index < -0.39 is 4.92 Å². The van der Waals surface area contributed by atoms with Crippen LogP contribution in [0.2, 0.25) is 0 Å². The number of benzene rings is 1. The molecule has 0 bridgehead atoms. The van der Waals surface area contributed by atoms with Gasteiger partial charge in [0.15, 0.2) is 0 Å². The third-order valence-corrected chi connectivity index (χ3v) is 3.53. The summed E-state index contributed by atoms with van der Waals surface area (Å²) in [6.45, 7) is 3.34. The van der Waals surface area contributed by atoms with E-state index in [0.29, 0.717) is 12.1 Å². The highest BCUT2D eigenvalue weighted by Crippen LogP contribution is 2.14. The van der Waals surface area contributed by atoms with E-state index in [0.717, 1.165) is 26.1 Å². The molecule has 1 aliphatic rings. The summed E-state index contributed by atoms with van der Waals surface area (Å²) in [5.74, 6) is -0.0446. The van der Waals surface area contributed by atoms with Gasteiger partial charge in [-0.2, -0.15) is 0 Å². The molecule has 0 aliphatic carbocycles. The number of nitro benzene ring substituents is 1. The second-order valence-corrected chi connectivity index (χ2v) is 5.17. The van der Waals surface area contributed by atoms with E-state index in [-0.39, 0.29) is 11.6 Å². The first-order valence-corrected chi connectivity index (χ1v) is 6.96. The molecule has 1 heterocycles. The lowest BCUT2D eigenvalue weighted by Gasteiger charge is -2.18. The Morgan fingerprint density at radius 2 is 2.10 bits per heavy atom. The molecule has 0 unspecified atom stereocenters. The van der Waals surface area contributed by atoms with Gasteiger partial charge in [-0.15, -0.1) is 0 Å². The minimum Gasteiger partial charge on any atom is -0.338 e. The topological polar surface area (TPSA) is 66.7 Å². The van der Waals surface area contributed by atoms with Crippen molar-refractivity contribution < 1.29 is 9.72 Å². The van der Waals surface area contributed by atoms with Crippen LogP contribution in [0.15, 0.2) is 30.3 Å². The van der Waals surface area contributed by atoms with Gasteiger partial charge in [0.05, 0.1) is 4.92 Å². The molecular weight excluding hydrogens is 270 g/mol. The van der Waals surface area contributed by atoms with Crippen LogP contribution in [-0.2, 0) is 4.79 Å². The van der Waals surface area contributed by atoms with Gasteiger partial charge in [0.1, 0.15) is 0 Å². The standard InChI is InChI=1S/C15H19N3O3/c1-16-8-3-9-17(11-10-16)15(19)7-6-13-4-2-5-14(12-13)18(20)21/h2,4-7,12H,3,8-11H2,1H3/b7-6+. The van der Waals surface area contributed by atoms with Gasteiger partial charge in [0, 0.05) is 37.8 Å². The number of amides is 1. The molecule has 1 aromatic carbocycles. The quantitative estimate of drug-likeness (QED) is 0.483. The third kappa shape index (κ3) is 4.39. The maximum absolute atomic E-state index is 12.1. The number of likely N-dealkylation sites (N-methyl/N-ethyl adjacent to an activating group) is 1. The molecule has 0 aromatic heterocycles. The largest absolute Gasteiger partial charge is 0.338 e. The van der Waals surface area contributed by atoms with Crippen molar-refractivity contribution in [3.05, 3.63) is 46.0 Å². The van der Waals surface area contributed by atoms with Crippen LogP contribution in [0.3, 0.4) is 0 Å². The number of hydrogen-bond acceptors (Lipinski definition) is 4. The Morgan fingerprint density at radius 1 is 1.29 bits per heavy atom. The van der Waals surface area contributed by atoms with Gasteiger partial charge >= 0.3 is 0 Å². The van der Waals surface area contributed by atoms with Crippen LogP contribution in [0.25, 0.3) is 6.08 Å². The smallest absolute Gasteiger partial charge is 0.270 e. The van der Waals surface area contributed by atoms with Gasteiger partial charge in [0.2, 0.25) is 5.91 Å². The minimum atomic E-state index is -0.441. The summed E-state index contributed by atoms with van der Waals surface area (Å²) >= 11 is 0. The summed E-state index contributed by atoms with van der Waals surface area (Å²) in [4.78, 5) is 26.4. The Labute approximate surface area is 123 Å². The Balaban J connectivity index is 2.01. The number of nitrogens with zero attached hydrogens (tertiary/aromatic N) is 3. The van der Waals surface area contributed by atoms with Gasteiger partial charge in [-0.05, 0) is 31.7 Å². The van der Waals surface area contributed by atoms with E-state index >= 15 is 0 Å². The fraction of sp³-hybridized carbons (Fsp3) is 0.400. The molecule has 1 saturated heterocycles. The zero-order valence-corrected chi connectivity index (χ0v) is 12.1. The number of nitro groups is 1. The van der Waals surface area contributed by atoms with E-state index in [1.807, 2.05) is 11.9 Å².